The summed E-state index contributed by atoms with van der Waals surface area (Å²) in [5.74, 6) is 0.110. The van der Waals surface area contributed by atoms with Crippen LogP contribution in [0.15, 0.2) is 42.5 Å². The number of ether oxygens (including phenoxy) is 1. The molecular weight excluding hydrogens is 435 g/mol. The number of halogens is 2. The minimum absolute atomic E-state index is 0.00521. The largest absolute Gasteiger partial charge is 0.484 e. The molecule has 7 heteroatoms. The van der Waals surface area contributed by atoms with Gasteiger partial charge in [-0.1, -0.05) is 61.3 Å². The Kier molecular flexibility index (Phi) is 9.66. The highest BCUT2D eigenvalue weighted by atomic mass is 35.5. The lowest BCUT2D eigenvalue weighted by Gasteiger charge is -2.32. The van der Waals surface area contributed by atoms with Gasteiger partial charge in [0.05, 0.1) is 0 Å². The van der Waals surface area contributed by atoms with Crippen molar-refractivity contribution in [3.63, 3.8) is 0 Å². The normalized spacial score (nSPS) is 12.7. The average molecular weight is 465 g/mol. The molecule has 2 atom stereocenters. The number of hydrogen-bond acceptors (Lipinski definition) is 3. The Bertz CT molecular complexity index is 884. The molecule has 0 saturated heterocycles. The topological polar surface area (TPSA) is 58.6 Å². The first-order valence-corrected chi connectivity index (χ1v) is 11.2. The Morgan fingerprint density at radius 3 is 2.26 bits per heavy atom. The predicted octanol–water partition coefficient (Wildman–Crippen LogP) is 5.40. The van der Waals surface area contributed by atoms with Gasteiger partial charge in [-0.3, -0.25) is 9.59 Å². The average Bonchev–Trinajstić information content (AvgIpc) is 2.74. The van der Waals surface area contributed by atoms with Gasteiger partial charge in [-0.05, 0) is 50.5 Å². The first-order chi connectivity index (χ1) is 14.8. The van der Waals surface area contributed by atoms with Crippen LogP contribution in [-0.2, 0) is 16.1 Å². The quantitative estimate of drug-likeness (QED) is 0.511. The van der Waals surface area contributed by atoms with Gasteiger partial charge in [0.2, 0.25) is 5.91 Å². The molecule has 0 aliphatic heterocycles. The van der Waals surface area contributed by atoms with Crippen LogP contribution in [0.4, 0.5) is 0 Å². The Hall–Kier alpha value is -2.24. The molecule has 0 aliphatic rings. The van der Waals surface area contributed by atoms with Crippen LogP contribution in [0.3, 0.4) is 0 Å². The van der Waals surface area contributed by atoms with Gasteiger partial charge in [-0.2, -0.15) is 0 Å². The highest BCUT2D eigenvalue weighted by molar-refractivity contribution is 6.36. The van der Waals surface area contributed by atoms with E-state index in [1.54, 1.807) is 18.2 Å². The van der Waals surface area contributed by atoms with Crippen LogP contribution in [0, 0.1) is 6.92 Å². The molecule has 0 radical (unpaired) electrons. The van der Waals surface area contributed by atoms with E-state index < -0.39 is 6.04 Å². The number of amides is 2. The Labute approximate surface area is 194 Å². The van der Waals surface area contributed by atoms with E-state index in [0.29, 0.717) is 27.8 Å². The second-order valence-electron chi connectivity index (χ2n) is 7.52. The van der Waals surface area contributed by atoms with Gasteiger partial charge < -0.3 is 15.0 Å². The molecule has 0 saturated carbocycles. The summed E-state index contributed by atoms with van der Waals surface area (Å²) in [5.41, 5.74) is 1.53. The molecule has 5 nitrogen and oxygen atoms in total. The van der Waals surface area contributed by atoms with Crippen LogP contribution in [0.5, 0.6) is 5.75 Å². The molecule has 1 N–H and O–H groups in total. The van der Waals surface area contributed by atoms with Gasteiger partial charge in [0.25, 0.3) is 5.91 Å². The minimum Gasteiger partial charge on any atom is -0.484 e. The molecule has 0 heterocycles. The molecule has 31 heavy (non-hydrogen) atoms. The number of para-hydroxylation sites is 1. The van der Waals surface area contributed by atoms with E-state index in [0.717, 1.165) is 12.0 Å². The van der Waals surface area contributed by atoms with Gasteiger partial charge in [0.15, 0.2) is 6.61 Å². The third kappa shape index (κ3) is 6.88. The molecule has 0 spiro atoms. The van der Waals surface area contributed by atoms with Crippen molar-refractivity contribution in [1.82, 2.24) is 10.2 Å². The zero-order valence-corrected chi connectivity index (χ0v) is 20.0. The Balaban J connectivity index is 2.30. The lowest BCUT2D eigenvalue weighted by atomic mass is 10.1. The SMILES string of the molecule is CCC(C)NC(=O)C(CC)N(Cc1c(Cl)cccc1Cl)C(=O)COc1ccccc1C. The fraction of sp³-hybridized carbons (Fsp3) is 0.417. The molecular formula is C24H30Cl2N2O3. The first kappa shape index (κ1) is 25.0. The summed E-state index contributed by atoms with van der Waals surface area (Å²) in [6.45, 7) is 7.63. The summed E-state index contributed by atoms with van der Waals surface area (Å²) in [6.07, 6.45) is 1.24. The molecule has 0 aromatic heterocycles. The Morgan fingerprint density at radius 2 is 1.68 bits per heavy atom. The molecule has 2 aromatic rings. The van der Waals surface area contributed by atoms with Gasteiger partial charge in [0.1, 0.15) is 11.8 Å². The molecule has 0 aliphatic carbocycles. The smallest absolute Gasteiger partial charge is 0.261 e. The fourth-order valence-electron chi connectivity index (χ4n) is 3.16. The number of nitrogens with zero attached hydrogens (tertiary/aromatic N) is 1. The zero-order valence-electron chi connectivity index (χ0n) is 18.5. The number of rotatable bonds is 10. The number of carbonyl (C=O) groups excluding carboxylic acids is 2. The molecule has 2 amide bonds. The number of benzene rings is 2. The summed E-state index contributed by atoms with van der Waals surface area (Å²) < 4.78 is 5.77. The highest BCUT2D eigenvalue weighted by Crippen LogP contribution is 2.27. The third-order valence-corrected chi connectivity index (χ3v) is 5.93. The Morgan fingerprint density at radius 1 is 1.03 bits per heavy atom. The predicted molar refractivity (Wildman–Crippen MR) is 126 cm³/mol. The van der Waals surface area contributed by atoms with Crippen LogP contribution in [0.1, 0.15) is 44.7 Å². The third-order valence-electron chi connectivity index (χ3n) is 5.22. The van der Waals surface area contributed by atoms with Crippen LogP contribution < -0.4 is 10.1 Å². The summed E-state index contributed by atoms with van der Waals surface area (Å²) in [4.78, 5) is 27.7. The van der Waals surface area contributed by atoms with Crippen LogP contribution >= 0.6 is 23.2 Å². The maximum Gasteiger partial charge on any atom is 0.261 e. The van der Waals surface area contributed by atoms with Crippen molar-refractivity contribution >= 4 is 35.0 Å². The van der Waals surface area contributed by atoms with E-state index in [9.17, 15) is 9.59 Å². The molecule has 0 fully saturated rings. The van der Waals surface area contributed by atoms with Crippen molar-refractivity contribution in [1.29, 1.82) is 0 Å². The van der Waals surface area contributed by atoms with E-state index in [1.165, 1.54) is 4.90 Å². The van der Waals surface area contributed by atoms with Gasteiger partial charge >= 0.3 is 0 Å². The maximum atomic E-state index is 13.2. The van der Waals surface area contributed by atoms with E-state index in [2.05, 4.69) is 5.32 Å². The second kappa shape index (κ2) is 12.0. The molecule has 2 aromatic carbocycles. The van der Waals surface area contributed by atoms with Gasteiger partial charge in [-0.25, -0.2) is 0 Å². The van der Waals surface area contributed by atoms with Crippen molar-refractivity contribution in [2.75, 3.05) is 6.61 Å². The van der Waals surface area contributed by atoms with Crippen LogP contribution in [0.2, 0.25) is 10.0 Å². The van der Waals surface area contributed by atoms with Crippen molar-refractivity contribution < 1.29 is 14.3 Å². The highest BCUT2D eigenvalue weighted by Gasteiger charge is 2.30. The lowest BCUT2D eigenvalue weighted by molar-refractivity contribution is -0.143. The van der Waals surface area contributed by atoms with Crippen LogP contribution in [0.25, 0.3) is 0 Å². The number of hydrogen-bond donors (Lipinski definition) is 1. The van der Waals surface area contributed by atoms with Crippen molar-refractivity contribution in [3.8, 4) is 5.75 Å². The summed E-state index contributed by atoms with van der Waals surface area (Å²) in [5, 5.41) is 3.87. The van der Waals surface area contributed by atoms with Crippen molar-refractivity contribution in [3.05, 3.63) is 63.6 Å². The minimum atomic E-state index is -0.672. The monoisotopic (exact) mass is 464 g/mol. The molecule has 0 bridgehead atoms. The zero-order chi connectivity index (χ0) is 23.0. The maximum absolute atomic E-state index is 13.2. The van der Waals surface area contributed by atoms with Crippen LogP contribution in [-0.4, -0.2) is 35.4 Å². The molecule has 2 unspecified atom stereocenters. The second-order valence-corrected chi connectivity index (χ2v) is 8.33. The summed E-state index contributed by atoms with van der Waals surface area (Å²) in [7, 11) is 0. The summed E-state index contributed by atoms with van der Waals surface area (Å²) in [6, 6.07) is 12.0. The lowest BCUT2D eigenvalue weighted by Crippen LogP contribution is -2.51. The van der Waals surface area contributed by atoms with E-state index in [4.69, 9.17) is 27.9 Å². The van der Waals surface area contributed by atoms with Crippen molar-refractivity contribution in [2.45, 2.75) is 59.2 Å². The van der Waals surface area contributed by atoms with Gasteiger partial charge in [0, 0.05) is 28.2 Å². The van der Waals surface area contributed by atoms with Crippen molar-refractivity contribution in [2.24, 2.45) is 0 Å². The number of aryl methyl sites for hydroxylation is 1. The first-order valence-electron chi connectivity index (χ1n) is 10.5. The fourth-order valence-corrected chi connectivity index (χ4v) is 3.67. The number of carbonyl (C=O) groups is 2. The van der Waals surface area contributed by atoms with E-state index >= 15 is 0 Å². The van der Waals surface area contributed by atoms with Gasteiger partial charge in [-0.15, -0.1) is 0 Å². The van der Waals surface area contributed by atoms with E-state index in [1.807, 2.05) is 52.0 Å². The molecule has 168 valence electrons. The van der Waals surface area contributed by atoms with E-state index in [-0.39, 0.29) is 31.0 Å². The summed E-state index contributed by atoms with van der Waals surface area (Å²) >= 11 is 12.7. The standard InChI is InChI=1S/C24H30Cl2N2O3/c1-5-17(4)27-24(30)21(6-2)28(14-18-19(25)11-9-12-20(18)26)23(29)15-31-22-13-8-7-10-16(22)3/h7-13,17,21H,5-6,14-15H2,1-4H3,(H,27,30). The number of nitrogens with one attached hydrogen (secondary N) is 1. The molecule has 2 rings (SSSR count).